The second-order valence-corrected chi connectivity index (χ2v) is 9.65. The van der Waals surface area contributed by atoms with Crippen LogP contribution in [0.5, 0.6) is 0 Å². The Morgan fingerprint density at radius 2 is 1.52 bits per heavy atom. The molecule has 172 valence electrons. The summed E-state index contributed by atoms with van der Waals surface area (Å²) in [4.78, 5) is 13.0. The summed E-state index contributed by atoms with van der Waals surface area (Å²) in [6.45, 7) is 12.6. The molecule has 0 radical (unpaired) electrons. The fourth-order valence-corrected chi connectivity index (χ4v) is 4.34. The molecule has 7 nitrogen and oxygen atoms in total. The number of quaternary nitrogens is 1. The molecule has 0 atom stereocenters. The Balaban J connectivity index is 0.000000452. The molecule has 0 spiro atoms. The summed E-state index contributed by atoms with van der Waals surface area (Å²) in [6, 6.07) is 10.5. The summed E-state index contributed by atoms with van der Waals surface area (Å²) in [5, 5.41) is 5.37. The predicted molar refractivity (Wildman–Crippen MR) is 125 cm³/mol. The van der Waals surface area contributed by atoms with E-state index in [2.05, 4.69) is 45.3 Å². The number of carbonyl (C=O) groups is 1. The minimum Gasteiger partial charge on any atom is -0.744 e. The van der Waals surface area contributed by atoms with Gasteiger partial charge in [-0.15, -0.1) is 0 Å². The normalized spacial score (nSPS) is 11.3. The lowest BCUT2D eigenvalue weighted by molar-refractivity contribution is -0.940. The minimum absolute atomic E-state index is 0.122. The second kappa shape index (κ2) is 12.3. The lowest BCUT2D eigenvalue weighted by Gasteiger charge is -2.25. The van der Waals surface area contributed by atoms with Crippen LogP contribution < -0.4 is 15.5 Å². The number of carbonyl (C=O) groups excluding carboxylic acids is 1. The second-order valence-electron chi connectivity index (χ2n) is 7.43. The molecule has 2 aromatic carbocycles. The molecule has 2 amide bonds. The number of para-hydroxylation sites is 1. The first-order valence-corrected chi connectivity index (χ1v) is 12.0. The van der Waals surface area contributed by atoms with E-state index in [0.29, 0.717) is 15.7 Å². The first kappa shape index (κ1) is 27.2. The first-order valence-electron chi connectivity index (χ1n) is 9.79. The Labute approximate surface area is 194 Å². The van der Waals surface area contributed by atoms with Crippen molar-refractivity contribution in [2.24, 2.45) is 0 Å². The van der Waals surface area contributed by atoms with E-state index in [-0.39, 0.29) is 5.69 Å². The largest absolute Gasteiger partial charge is 0.744 e. The lowest BCUT2D eigenvalue weighted by Crippen LogP contribution is -3.17. The van der Waals surface area contributed by atoms with Gasteiger partial charge in [-0.25, -0.2) is 13.2 Å². The molecule has 0 saturated carbocycles. The molecule has 0 unspecified atom stereocenters. The summed E-state index contributed by atoms with van der Waals surface area (Å²) in [6.07, 6.45) is 0. The van der Waals surface area contributed by atoms with Gasteiger partial charge in [0.15, 0.2) is 0 Å². The molecule has 2 rings (SSSR count). The number of hydrogen-bond acceptors (Lipinski definition) is 4. The average molecular weight is 490 g/mol. The summed E-state index contributed by atoms with van der Waals surface area (Å²) in [5.41, 5.74) is 0.195. The van der Waals surface area contributed by atoms with Crippen LogP contribution in [0.15, 0.2) is 47.4 Å². The highest BCUT2D eigenvalue weighted by Crippen LogP contribution is 2.24. The molecule has 31 heavy (non-hydrogen) atoms. The number of anilines is 2. The Morgan fingerprint density at radius 1 is 1.00 bits per heavy atom. The SMILES string of the molecule is CC[NH+](C(C)C)C(C)C.O=C(Nc1cc(Cl)cc(Cl)c1)Nc1ccccc1S(=O)(=O)[O-]. The van der Waals surface area contributed by atoms with Gasteiger partial charge in [-0.2, -0.15) is 0 Å². The third-order valence-corrected chi connectivity index (χ3v) is 5.75. The average Bonchev–Trinajstić information content (AvgIpc) is 2.60. The number of nitrogens with one attached hydrogen (secondary N) is 3. The molecular weight excluding hydrogens is 461 g/mol. The number of halogens is 2. The number of hydrogen-bond donors (Lipinski definition) is 3. The minimum atomic E-state index is -4.70. The van der Waals surface area contributed by atoms with Crippen LogP contribution in [-0.4, -0.2) is 37.6 Å². The van der Waals surface area contributed by atoms with Crippen molar-refractivity contribution in [2.75, 3.05) is 17.2 Å². The van der Waals surface area contributed by atoms with Gasteiger partial charge in [-0.05, 0) is 65.0 Å². The summed E-state index contributed by atoms with van der Waals surface area (Å²) < 4.78 is 33.4. The molecule has 0 aliphatic rings. The van der Waals surface area contributed by atoms with E-state index in [0.717, 1.165) is 18.2 Å². The van der Waals surface area contributed by atoms with Crippen LogP contribution in [0.25, 0.3) is 0 Å². The zero-order chi connectivity index (χ0) is 23.8. The molecule has 0 aliphatic heterocycles. The Hall–Kier alpha value is -1.84. The summed E-state index contributed by atoms with van der Waals surface area (Å²) >= 11 is 11.6. The van der Waals surface area contributed by atoms with E-state index in [9.17, 15) is 17.8 Å². The van der Waals surface area contributed by atoms with Crippen molar-refractivity contribution in [1.29, 1.82) is 0 Å². The molecule has 0 fully saturated rings. The number of rotatable bonds is 6. The molecule has 0 aromatic heterocycles. The third kappa shape index (κ3) is 9.45. The smallest absolute Gasteiger partial charge is 0.323 e. The molecule has 2 aromatic rings. The Morgan fingerprint density at radius 3 is 1.94 bits per heavy atom. The maximum Gasteiger partial charge on any atom is 0.323 e. The molecule has 0 heterocycles. The van der Waals surface area contributed by atoms with Gasteiger partial charge in [-0.3, -0.25) is 0 Å². The quantitative estimate of drug-likeness (QED) is 0.527. The molecule has 0 bridgehead atoms. The molecule has 10 heteroatoms. The van der Waals surface area contributed by atoms with Crippen molar-refractivity contribution in [3.05, 3.63) is 52.5 Å². The Kier molecular flexibility index (Phi) is 10.8. The van der Waals surface area contributed by atoms with E-state index < -0.39 is 21.0 Å². The third-order valence-electron chi connectivity index (χ3n) is 4.42. The molecule has 3 N–H and O–H groups in total. The van der Waals surface area contributed by atoms with Crippen molar-refractivity contribution in [1.82, 2.24) is 0 Å². The fourth-order valence-electron chi connectivity index (χ4n) is 3.18. The number of benzene rings is 2. The standard InChI is InChI=1S/C13H10Cl2N2O4S.C8H19N/c14-8-5-9(15)7-10(6-8)16-13(18)17-11-3-1-2-4-12(11)22(19,20)21;1-6-9(7(2)3)8(4)5/h1-7H,(H2,16,17,18)(H,19,20,21);7-8H,6H2,1-5H3. The van der Waals surface area contributed by atoms with Gasteiger partial charge in [0.05, 0.1) is 29.2 Å². The van der Waals surface area contributed by atoms with Crippen molar-refractivity contribution in [3.8, 4) is 0 Å². The zero-order valence-electron chi connectivity index (χ0n) is 18.2. The molecule has 0 aliphatic carbocycles. The van der Waals surface area contributed by atoms with E-state index in [1.165, 1.54) is 42.9 Å². The van der Waals surface area contributed by atoms with E-state index in [1.807, 2.05) is 0 Å². The van der Waals surface area contributed by atoms with Crippen molar-refractivity contribution in [3.63, 3.8) is 0 Å². The topological polar surface area (TPSA) is 103 Å². The van der Waals surface area contributed by atoms with E-state index >= 15 is 0 Å². The van der Waals surface area contributed by atoms with Gasteiger partial charge in [0.25, 0.3) is 0 Å². The Bertz CT molecular complexity index is 954. The highest BCUT2D eigenvalue weighted by atomic mass is 35.5. The van der Waals surface area contributed by atoms with E-state index in [1.54, 1.807) is 4.90 Å². The van der Waals surface area contributed by atoms with Crippen molar-refractivity contribution in [2.45, 2.75) is 51.6 Å². The van der Waals surface area contributed by atoms with Crippen LogP contribution in [-0.2, 0) is 10.1 Å². The van der Waals surface area contributed by atoms with Gasteiger partial charge in [0, 0.05) is 15.7 Å². The molecular formula is C21H29Cl2N3O4S. The van der Waals surface area contributed by atoms with E-state index in [4.69, 9.17) is 23.2 Å². The van der Waals surface area contributed by atoms with Crippen LogP contribution in [0.3, 0.4) is 0 Å². The van der Waals surface area contributed by atoms with Gasteiger partial charge in [-0.1, -0.05) is 35.3 Å². The lowest BCUT2D eigenvalue weighted by atomic mass is 10.2. The van der Waals surface area contributed by atoms with Crippen molar-refractivity contribution >= 4 is 50.7 Å². The predicted octanol–water partition coefficient (Wildman–Crippen LogP) is 4.25. The maximum atomic E-state index is 11.9. The summed E-state index contributed by atoms with van der Waals surface area (Å²) in [5.74, 6) is 0. The first-order chi connectivity index (χ1) is 14.3. The van der Waals surface area contributed by atoms with Gasteiger partial charge in [0.1, 0.15) is 10.1 Å². The highest BCUT2D eigenvalue weighted by molar-refractivity contribution is 7.86. The van der Waals surface area contributed by atoms with Crippen LogP contribution in [0, 0.1) is 0 Å². The monoisotopic (exact) mass is 489 g/mol. The van der Waals surface area contributed by atoms with Gasteiger partial charge < -0.3 is 20.1 Å². The van der Waals surface area contributed by atoms with Crippen LogP contribution >= 0.6 is 23.2 Å². The van der Waals surface area contributed by atoms with Gasteiger partial charge >= 0.3 is 6.03 Å². The van der Waals surface area contributed by atoms with Crippen LogP contribution in [0.4, 0.5) is 16.2 Å². The van der Waals surface area contributed by atoms with Crippen LogP contribution in [0.2, 0.25) is 10.0 Å². The van der Waals surface area contributed by atoms with Crippen molar-refractivity contribution < 1.29 is 22.7 Å². The zero-order valence-corrected chi connectivity index (χ0v) is 20.5. The number of urea groups is 1. The highest BCUT2D eigenvalue weighted by Gasteiger charge is 2.13. The summed E-state index contributed by atoms with van der Waals surface area (Å²) in [7, 11) is -4.70. The van der Waals surface area contributed by atoms with Crippen LogP contribution in [0.1, 0.15) is 34.6 Å². The maximum absolute atomic E-state index is 11.9. The molecule has 0 saturated heterocycles. The van der Waals surface area contributed by atoms with Gasteiger partial charge in [0.2, 0.25) is 0 Å². The fraction of sp³-hybridized carbons (Fsp3) is 0.381. The number of amides is 2.